The molecular weight excluding hydrogens is 418 g/mol. The standard InChI is InChI=1S/C26H25N3O4/c1-17-10-11-21(13-19(17)3)32-16-24(30)28-22-8-4-5-9-23(22)33-15-20-14-25(31)29-12-6-7-18(2)26(29)27-20/h4-14H,15-16H2,1-3H3,(H,28,30). The van der Waals surface area contributed by atoms with E-state index in [9.17, 15) is 9.59 Å². The first-order valence-corrected chi connectivity index (χ1v) is 10.6. The summed E-state index contributed by atoms with van der Waals surface area (Å²) in [6.45, 7) is 5.88. The molecule has 0 aliphatic carbocycles. The fraction of sp³-hybridized carbons (Fsp3) is 0.192. The maximum Gasteiger partial charge on any atom is 0.262 e. The van der Waals surface area contributed by atoms with Gasteiger partial charge in [0.1, 0.15) is 23.8 Å². The van der Waals surface area contributed by atoms with Crippen LogP contribution in [-0.2, 0) is 11.4 Å². The number of aromatic nitrogens is 2. The van der Waals surface area contributed by atoms with E-state index in [-0.39, 0.29) is 24.7 Å². The third kappa shape index (κ3) is 5.20. The Morgan fingerprint density at radius 3 is 2.58 bits per heavy atom. The van der Waals surface area contributed by atoms with Gasteiger partial charge in [-0.25, -0.2) is 4.98 Å². The molecule has 0 aliphatic rings. The van der Waals surface area contributed by atoms with Gasteiger partial charge >= 0.3 is 0 Å². The number of anilines is 1. The topological polar surface area (TPSA) is 81.9 Å². The smallest absolute Gasteiger partial charge is 0.262 e. The van der Waals surface area contributed by atoms with Crippen molar-refractivity contribution in [3.63, 3.8) is 0 Å². The van der Waals surface area contributed by atoms with Gasteiger partial charge in [0.15, 0.2) is 6.61 Å². The Morgan fingerprint density at radius 1 is 0.939 bits per heavy atom. The SMILES string of the molecule is Cc1ccc(OCC(=O)Nc2ccccc2OCc2cc(=O)n3cccc(C)c3n2)cc1C. The molecule has 0 radical (unpaired) electrons. The predicted molar refractivity (Wildman–Crippen MR) is 127 cm³/mol. The molecule has 7 nitrogen and oxygen atoms in total. The van der Waals surface area contributed by atoms with Crippen molar-refractivity contribution in [3.05, 3.63) is 99.6 Å². The van der Waals surface area contributed by atoms with E-state index in [1.165, 1.54) is 10.5 Å². The van der Waals surface area contributed by atoms with Crippen molar-refractivity contribution in [2.24, 2.45) is 0 Å². The Labute approximate surface area is 191 Å². The molecule has 0 aliphatic heterocycles. The predicted octanol–water partition coefficient (Wildman–Crippen LogP) is 4.22. The number of para-hydroxylation sites is 2. The minimum absolute atomic E-state index is 0.0894. The summed E-state index contributed by atoms with van der Waals surface area (Å²) in [5.41, 5.74) is 4.60. The second-order valence-corrected chi connectivity index (χ2v) is 7.84. The van der Waals surface area contributed by atoms with Gasteiger partial charge in [-0.05, 0) is 67.8 Å². The second-order valence-electron chi connectivity index (χ2n) is 7.84. The van der Waals surface area contributed by atoms with Crippen molar-refractivity contribution >= 4 is 17.2 Å². The molecule has 2 heterocycles. The highest BCUT2D eigenvalue weighted by atomic mass is 16.5. The summed E-state index contributed by atoms with van der Waals surface area (Å²) < 4.78 is 13.0. The number of nitrogens with zero attached hydrogens (tertiary/aromatic N) is 2. The highest BCUT2D eigenvalue weighted by Crippen LogP contribution is 2.25. The third-order valence-electron chi connectivity index (χ3n) is 5.32. The molecule has 1 N–H and O–H groups in total. The first-order valence-electron chi connectivity index (χ1n) is 10.6. The fourth-order valence-electron chi connectivity index (χ4n) is 3.37. The number of pyridine rings is 1. The van der Waals surface area contributed by atoms with Gasteiger partial charge in [0, 0.05) is 12.3 Å². The first-order chi connectivity index (χ1) is 15.9. The molecule has 0 unspecified atom stereocenters. The largest absolute Gasteiger partial charge is 0.485 e. The van der Waals surface area contributed by atoms with Crippen LogP contribution >= 0.6 is 0 Å². The quantitative estimate of drug-likeness (QED) is 0.463. The Kier molecular flexibility index (Phi) is 6.40. The molecule has 0 fully saturated rings. The molecule has 33 heavy (non-hydrogen) atoms. The van der Waals surface area contributed by atoms with Crippen LogP contribution in [0.4, 0.5) is 5.69 Å². The number of hydrogen-bond donors (Lipinski definition) is 1. The molecule has 2 aromatic carbocycles. The van der Waals surface area contributed by atoms with E-state index < -0.39 is 0 Å². The minimum Gasteiger partial charge on any atom is -0.485 e. The average molecular weight is 444 g/mol. The highest BCUT2D eigenvalue weighted by molar-refractivity contribution is 5.93. The maximum atomic E-state index is 12.4. The van der Waals surface area contributed by atoms with E-state index in [2.05, 4.69) is 10.3 Å². The van der Waals surface area contributed by atoms with Crippen molar-refractivity contribution in [1.82, 2.24) is 9.38 Å². The molecule has 7 heteroatoms. The molecular formula is C26H25N3O4. The van der Waals surface area contributed by atoms with Crippen molar-refractivity contribution < 1.29 is 14.3 Å². The van der Waals surface area contributed by atoms with Crippen LogP contribution in [0.3, 0.4) is 0 Å². The van der Waals surface area contributed by atoms with Gasteiger partial charge in [-0.1, -0.05) is 24.3 Å². The number of nitrogens with one attached hydrogen (secondary N) is 1. The number of ether oxygens (including phenoxy) is 2. The van der Waals surface area contributed by atoms with Gasteiger partial charge < -0.3 is 14.8 Å². The number of fused-ring (bicyclic) bond motifs is 1. The number of hydrogen-bond acceptors (Lipinski definition) is 5. The zero-order chi connectivity index (χ0) is 23.4. The van der Waals surface area contributed by atoms with Gasteiger partial charge in [-0.15, -0.1) is 0 Å². The zero-order valence-corrected chi connectivity index (χ0v) is 18.8. The molecule has 0 atom stereocenters. The Balaban J connectivity index is 1.43. The monoisotopic (exact) mass is 443 g/mol. The van der Waals surface area contributed by atoms with Gasteiger partial charge in [0.25, 0.3) is 11.5 Å². The van der Waals surface area contributed by atoms with Crippen LogP contribution in [0.5, 0.6) is 11.5 Å². The summed E-state index contributed by atoms with van der Waals surface area (Å²) in [6, 6.07) is 18.0. The summed E-state index contributed by atoms with van der Waals surface area (Å²) >= 11 is 0. The van der Waals surface area contributed by atoms with Crippen LogP contribution in [0.15, 0.2) is 71.7 Å². The molecule has 2 aromatic heterocycles. The Bertz CT molecular complexity index is 1380. The molecule has 0 saturated carbocycles. The van der Waals surface area contributed by atoms with Crippen molar-refractivity contribution in [2.45, 2.75) is 27.4 Å². The number of carbonyl (C=O) groups excluding carboxylic acids is 1. The van der Waals surface area contributed by atoms with Gasteiger partial charge in [0.2, 0.25) is 0 Å². The maximum absolute atomic E-state index is 12.4. The van der Waals surface area contributed by atoms with Crippen LogP contribution in [0.2, 0.25) is 0 Å². The van der Waals surface area contributed by atoms with Gasteiger partial charge in [0.05, 0.1) is 11.4 Å². The normalized spacial score (nSPS) is 10.8. The lowest BCUT2D eigenvalue weighted by Crippen LogP contribution is -2.21. The van der Waals surface area contributed by atoms with Crippen molar-refractivity contribution in [3.8, 4) is 11.5 Å². The Hall–Kier alpha value is -4.13. The average Bonchev–Trinajstić information content (AvgIpc) is 2.80. The molecule has 0 saturated heterocycles. The van der Waals surface area contributed by atoms with Crippen LogP contribution in [-0.4, -0.2) is 21.9 Å². The Morgan fingerprint density at radius 2 is 1.76 bits per heavy atom. The van der Waals surface area contributed by atoms with Gasteiger partial charge in [-0.3, -0.25) is 14.0 Å². The van der Waals surface area contributed by atoms with Crippen LogP contribution < -0.4 is 20.3 Å². The van der Waals surface area contributed by atoms with E-state index in [0.29, 0.717) is 28.5 Å². The van der Waals surface area contributed by atoms with E-state index in [1.54, 1.807) is 24.4 Å². The van der Waals surface area contributed by atoms with E-state index in [4.69, 9.17) is 9.47 Å². The summed E-state index contributed by atoms with van der Waals surface area (Å²) in [7, 11) is 0. The molecule has 0 spiro atoms. The number of rotatable bonds is 7. The van der Waals surface area contributed by atoms with Crippen LogP contribution in [0, 0.1) is 20.8 Å². The first kappa shape index (κ1) is 22.1. The minimum atomic E-state index is -0.304. The molecule has 1 amide bonds. The summed E-state index contributed by atoms with van der Waals surface area (Å²) in [5, 5.41) is 2.82. The molecule has 4 rings (SSSR count). The summed E-state index contributed by atoms with van der Waals surface area (Å²) in [5.74, 6) is 0.813. The van der Waals surface area contributed by atoms with E-state index >= 15 is 0 Å². The fourth-order valence-corrected chi connectivity index (χ4v) is 3.37. The van der Waals surface area contributed by atoms with Gasteiger partial charge in [-0.2, -0.15) is 0 Å². The summed E-state index contributed by atoms with van der Waals surface area (Å²) in [4.78, 5) is 29.4. The van der Waals surface area contributed by atoms with E-state index in [1.807, 2.05) is 57.2 Å². The number of aryl methyl sites for hydroxylation is 3. The zero-order valence-electron chi connectivity index (χ0n) is 18.8. The number of amides is 1. The molecule has 4 aromatic rings. The highest BCUT2D eigenvalue weighted by Gasteiger charge is 2.11. The second kappa shape index (κ2) is 9.56. The van der Waals surface area contributed by atoms with Crippen molar-refractivity contribution in [1.29, 1.82) is 0 Å². The third-order valence-corrected chi connectivity index (χ3v) is 5.32. The number of carbonyl (C=O) groups is 1. The van der Waals surface area contributed by atoms with Crippen LogP contribution in [0.25, 0.3) is 5.65 Å². The van der Waals surface area contributed by atoms with E-state index in [0.717, 1.165) is 16.7 Å². The molecule has 168 valence electrons. The lowest BCUT2D eigenvalue weighted by molar-refractivity contribution is -0.118. The van der Waals surface area contributed by atoms with Crippen molar-refractivity contribution in [2.75, 3.05) is 11.9 Å². The molecule has 0 bridgehead atoms. The lowest BCUT2D eigenvalue weighted by atomic mass is 10.1. The van der Waals surface area contributed by atoms with Crippen LogP contribution in [0.1, 0.15) is 22.4 Å². The summed E-state index contributed by atoms with van der Waals surface area (Å²) in [6.07, 6.45) is 1.69. The lowest BCUT2D eigenvalue weighted by Gasteiger charge is -2.13. The number of benzene rings is 2.